The molecule has 0 bridgehead atoms. The van der Waals surface area contributed by atoms with Gasteiger partial charge in [0.25, 0.3) is 11.9 Å². The number of pyridine rings is 1. The van der Waals surface area contributed by atoms with Crippen LogP contribution in [0.5, 0.6) is 0 Å². The number of rotatable bonds is 3. The molecule has 0 unspecified atom stereocenters. The van der Waals surface area contributed by atoms with Crippen molar-refractivity contribution >= 4 is 11.9 Å². The van der Waals surface area contributed by atoms with E-state index in [1.807, 2.05) is 0 Å². The standard InChI is InChI=1S/C12H5F6N3/c13-6-2-1-5(7(14)3-6)4-19-21-10-8(15)11(17)20-12(18)9(10)16/h1-4H,(H,20,21)/b19-4+. The fourth-order valence-electron chi connectivity index (χ4n) is 1.36. The molecule has 2 aromatic rings. The van der Waals surface area contributed by atoms with Gasteiger partial charge in [0.15, 0.2) is 0 Å². The van der Waals surface area contributed by atoms with Crippen LogP contribution in [0.3, 0.4) is 0 Å². The highest BCUT2D eigenvalue weighted by atomic mass is 19.2. The van der Waals surface area contributed by atoms with Crippen LogP contribution < -0.4 is 5.43 Å². The first-order chi connectivity index (χ1) is 9.90. The van der Waals surface area contributed by atoms with Crippen molar-refractivity contribution in [2.45, 2.75) is 0 Å². The molecule has 1 aromatic carbocycles. The third-order valence-electron chi connectivity index (χ3n) is 2.34. The molecule has 0 saturated carbocycles. The highest BCUT2D eigenvalue weighted by Crippen LogP contribution is 2.21. The SMILES string of the molecule is Fc1ccc(/C=N/Nc2c(F)c(F)nc(F)c2F)c(F)c1. The summed E-state index contributed by atoms with van der Waals surface area (Å²) in [5.74, 6) is -9.10. The Morgan fingerprint density at radius 3 is 2.14 bits per heavy atom. The van der Waals surface area contributed by atoms with Crippen LogP contribution in [-0.2, 0) is 0 Å². The van der Waals surface area contributed by atoms with E-state index >= 15 is 0 Å². The Hall–Kier alpha value is -2.58. The van der Waals surface area contributed by atoms with Gasteiger partial charge in [-0.1, -0.05) is 0 Å². The quantitative estimate of drug-likeness (QED) is 0.408. The normalized spacial score (nSPS) is 11.1. The fourth-order valence-corrected chi connectivity index (χ4v) is 1.36. The minimum Gasteiger partial charge on any atom is -0.272 e. The van der Waals surface area contributed by atoms with Crippen molar-refractivity contribution in [2.75, 3.05) is 5.43 Å². The van der Waals surface area contributed by atoms with Gasteiger partial charge in [0, 0.05) is 11.6 Å². The molecule has 110 valence electrons. The van der Waals surface area contributed by atoms with Crippen LogP contribution in [0, 0.1) is 35.2 Å². The monoisotopic (exact) mass is 305 g/mol. The second-order valence-electron chi connectivity index (χ2n) is 3.73. The van der Waals surface area contributed by atoms with E-state index in [4.69, 9.17) is 0 Å². The van der Waals surface area contributed by atoms with Crippen molar-refractivity contribution in [2.24, 2.45) is 5.10 Å². The number of nitrogens with zero attached hydrogens (tertiary/aromatic N) is 2. The van der Waals surface area contributed by atoms with E-state index in [2.05, 4.69) is 10.1 Å². The van der Waals surface area contributed by atoms with Crippen molar-refractivity contribution in [3.05, 3.63) is 58.9 Å². The topological polar surface area (TPSA) is 37.3 Å². The van der Waals surface area contributed by atoms with Crippen LogP contribution in [0.1, 0.15) is 5.56 Å². The van der Waals surface area contributed by atoms with Crippen LogP contribution in [0.15, 0.2) is 23.3 Å². The average molecular weight is 305 g/mol. The lowest BCUT2D eigenvalue weighted by Gasteiger charge is -2.04. The Balaban J connectivity index is 2.26. The predicted molar refractivity (Wildman–Crippen MR) is 61.6 cm³/mol. The van der Waals surface area contributed by atoms with Crippen LogP contribution in [-0.4, -0.2) is 11.2 Å². The minimum atomic E-state index is -1.86. The van der Waals surface area contributed by atoms with Gasteiger partial charge in [0.05, 0.1) is 6.21 Å². The van der Waals surface area contributed by atoms with Crippen molar-refractivity contribution in [1.82, 2.24) is 4.98 Å². The largest absolute Gasteiger partial charge is 0.272 e. The predicted octanol–water partition coefficient (Wildman–Crippen LogP) is 3.36. The van der Waals surface area contributed by atoms with Crippen LogP contribution in [0.25, 0.3) is 0 Å². The van der Waals surface area contributed by atoms with Gasteiger partial charge in [-0.15, -0.1) is 0 Å². The maximum Gasteiger partial charge on any atom is 0.254 e. The number of hydrazone groups is 1. The lowest BCUT2D eigenvalue weighted by Crippen LogP contribution is -2.06. The second-order valence-corrected chi connectivity index (χ2v) is 3.73. The molecular formula is C12H5F6N3. The molecule has 1 aromatic heterocycles. The zero-order valence-corrected chi connectivity index (χ0v) is 9.97. The van der Waals surface area contributed by atoms with E-state index in [1.165, 1.54) is 0 Å². The summed E-state index contributed by atoms with van der Waals surface area (Å²) in [6.07, 6.45) is 0.754. The molecule has 0 amide bonds. The van der Waals surface area contributed by atoms with Crippen LogP contribution >= 0.6 is 0 Å². The van der Waals surface area contributed by atoms with Gasteiger partial charge < -0.3 is 0 Å². The molecule has 1 N–H and O–H groups in total. The lowest BCUT2D eigenvalue weighted by molar-refractivity contribution is 0.411. The number of hydrogen-bond donors (Lipinski definition) is 1. The Labute approximate surface area is 113 Å². The van der Waals surface area contributed by atoms with Crippen LogP contribution in [0.4, 0.5) is 32.0 Å². The highest BCUT2D eigenvalue weighted by molar-refractivity contribution is 5.80. The molecule has 3 nitrogen and oxygen atoms in total. The first-order valence-corrected chi connectivity index (χ1v) is 5.34. The molecule has 2 rings (SSSR count). The minimum absolute atomic E-state index is 0.209. The number of halogens is 6. The molecule has 0 aliphatic heterocycles. The summed E-state index contributed by atoms with van der Waals surface area (Å²) < 4.78 is 77.8. The van der Waals surface area contributed by atoms with Gasteiger partial charge in [-0.3, -0.25) is 5.43 Å². The first kappa shape index (κ1) is 14.8. The van der Waals surface area contributed by atoms with E-state index in [9.17, 15) is 26.3 Å². The molecule has 0 radical (unpaired) electrons. The van der Waals surface area contributed by atoms with Crippen molar-refractivity contribution in [1.29, 1.82) is 0 Å². The molecule has 0 aliphatic carbocycles. The summed E-state index contributed by atoms with van der Waals surface area (Å²) >= 11 is 0. The zero-order chi connectivity index (χ0) is 15.6. The van der Waals surface area contributed by atoms with E-state index in [0.29, 0.717) is 6.07 Å². The number of hydrogen-bond acceptors (Lipinski definition) is 3. The maximum absolute atomic E-state index is 13.2. The highest BCUT2D eigenvalue weighted by Gasteiger charge is 2.20. The summed E-state index contributed by atoms with van der Waals surface area (Å²) in [5.41, 5.74) is 0.260. The van der Waals surface area contributed by atoms with Gasteiger partial charge >= 0.3 is 0 Å². The Kier molecular flexibility index (Phi) is 4.10. The number of nitrogens with one attached hydrogen (secondary N) is 1. The first-order valence-electron chi connectivity index (χ1n) is 5.34. The third kappa shape index (κ3) is 3.12. The Morgan fingerprint density at radius 1 is 0.952 bits per heavy atom. The van der Waals surface area contributed by atoms with Gasteiger partial charge in [-0.25, -0.2) is 8.78 Å². The summed E-state index contributed by atoms with van der Waals surface area (Å²) in [4.78, 5) is 2.35. The van der Waals surface area contributed by atoms with E-state index < -0.39 is 40.9 Å². The maximum atomic E-state index is 13.2. The summed E-state index contributed by atoms with van der Waals surface area (Å²) in [5, 5.41) is 3.23. The molecule has 0 fully saturated rings. The number of anilines is 1. The molecule has 0 aliphatic rings. The van der Waals surface area contributed by atoms with E-state index in [0.717, 1.165) is 18.3 Å². The van der Waals surface area contributed by atoms with Gasteiger partial charge in [-0.2, -0.15) is 27.6 Å². The Morgan fingerprint density at radius 2 is 1.57 bits per heavy atom. The molecule has 21 heavy (non-hydrogen) atoms. The summed E-state index contributed by atoms with van der Waals surface area (Å²) in [6.45, 7) is 0. The van der Waals surface area contributed by atoms with Gasteiger partial charge in [0.2, 0.25) is 11.6 Å². The smallest absolute Gasteiger partial charge is 0.254 e. The summed E-state index contributed by atoms with van der Waals surface area (Å²) in [7, 11) is 0. The zero-order valence-electron chi connectivity index (χ0n) is 9.97. The van der Waals surface area contributed by atoms with Crippen molar-refractivity contribution < 1.29 is 26.3 Å². The van der Waals surface area contributed by atoms with Gasteiger partial charge in [-0.05, 0) is 12.1 Å². The van der Waals surface area contributed by atoms with Crippen molar-refractivity contribution in [3.8, 4) is 0 Å². The summed E-state index contributed by atoms with van der Waals surface area (Å²) in [6, 6.07) is 2.50. The van der Waals surface area contributed by atoms with Crippen LogP contribution in [0.2, 0.25) is 0 Å². The van der Waals surface area contributed by atoms with E-state index in [-0.39, 0.29) is 5.56 Å². The number of aromatic nitrogens is 1. The third-order valence-corrected chi connectivity index (χ3v) is 2.34. The molecule has 0 saturated heterocycles. The average Bonchev–Trinajstić information content (AvgIpc) is 2.42. The molecule has 0 atom stereocenters. The van der Waals surface area contributed by atoms with E-state index in [1.54, 1.807) is 5.43 Å². The number of benzene rings is 1. The molecular weight excluding hydrogens is 300 g/mol. The molecule has 1 heterocycles. The lowest BCUT2D eigenvalue weighted by atomic mass is 10.2. The molecule has 0 spiro atoms. The van der Waals surface area contributed by atoms with Crippen molar-refractivity contribution in [3.63, 3.8) is 0 Å². The Bertz CT molecular complexity index is 690. The second kappa shape index (κ2) is 5.81. The fraction of sp³-hybridized carbons (Fsp3) is 0. The molecule has 9 heteroatoms. The van der Waals surface area contributed by atoms with Gasteiger partial charge in [0.1, 0.15) is 17.3 Å².